The summed E-state index contributed by atoms with van der Waals surface area (Å²) in [6, 6.07) is 15.5. The smallest absolute Gasteiger partial charge is 0.0152 e. The van der Waals surface area contributed by atoms with Crippen molar-refractivity contribution >= 4 is 10.8 Å². The zero-order valence-corrected chi connectivity index (χ0v) is 14.1. The Balaban J connectivity index is 1.60. The summed E-state index contributed by atoms with van der Waals surface area (Å²) in [5.41, 5.74) is 1.52. The zero-order valence-electron chi connectivity index (χ0n) is 14.1. The second kappa shape index (κ2) is 10.2. The van der Waals surface area contributed by atoms with Gasteiger partial charge in [-0.3, -0.25) is 0 Å². The van der Waals surface area contributed by atoms with E-state index in [9.17, 15) is 0 Å². The number of unbranched alkanes of at least 4 members (excludes halogenated alkanes) is 7. The average Bonchev–Trinajstić information content (AvgIpc) is 2.56. The maximum absolute atomic E-state index is 2.30. The van der Waals surface area contributed by atoms with E-state index in [0.29, 0.717) is 0 Å². The fourth-order valence-electron chi connectivity index (χ4n) is 3.14. The van der Waals surface area contributed by atoms with Crippen LogP contribution in [-0.2, 0) is 6.42 Å². The summed E-state index contributed by atoms with van der Waals surface area (Å²) in [7, 11) is 0. The van der Waals surface area contributed by atoms with E-state index in [4.69, 9.17) is 0 Å². The molecule has 0 heterocycles. The van der Waals surface area contributed by atoms with E-state index < -0.39 is 0 Å². The molecule has 0 spiro atoms. The number of hydrogen-bond acceptors (Lipinski definition) is 0. The van der Waals surface area contributed by atoms with Gasteiger partial charge in [-0.05, 0) is 48.9 Å². The molecule has 0 unspecified atom stereocenters. The summed E-state index contributed by atoms with van der Waals surface area (Å²) in [4.78, 5) is 0. The van der Waals surface area contributed by atoms with Crippen molar-refractivity contribution in [2.45, 2.75) is 64.7 Å². The van der Waals surface area contributed by atoms with Gasteiger partial charge < -0.3 is 0 Å². The van der Waals surface area contributed by atoms with E-state index in [1.54, 1.807) is 0 Å². The van der Waals surface area contributed by atoms with E-state index in [1.807, 2.05) is 0 Å². The Morgan fingerprint density at radius 1 is 0.727 bits per heavy atom. The van der Waals surface area contributed by atoms with Gasteiger partial charge in [-0.1, -0.05) is 86.7 Å². The number of benzene rings is 2. The topological polar surface area (TPSA) is 0 Å². The molecule has 0 fully saturated rings. The van der Waals surface area contributed by atoms with E-state index in [0.717, 1.165) is 0 Å². The average molecular weight is 294 g/mol. The zero-order chi connectivity index (χ0) is 15.5. The van der Waals surface area contributed by atoms with Crippen LogP contribution in [0, 0.1) is 0 Å². The van der Waals surface area contributed by atoms with E-state index in [-0.39, 0.29) is 0 Å². The molecule has 0 saturated carbocycles. The van der Waals surface area contributed by atoms with Crippen LogP contribution in [-0.4, -0.2) is 0 Å². The second-order valence-electron chi connectivity index (χ2n) is 6.22. The Kier molecular flexibility index (Phi) is 7.80. The molecule has 0 atom stereocenters. The molecule has 0 aromatic heterocycles. The highest BCUT2D eigenvalue weighted by Gasteiger charge is 2.00. The van der Waals surface area contributed by atoms with Crippen LogP contribution in [0.4, 0.5) is 0 Å². The Labute approximate surface area is 136 Å². The molecule has 0 nitrogen and oxygen atoms in total. The van der Waals surface area contributed by atoms with Gasteiger partial charge in [-0.2, -0.15) is 0 Å². The third-order valence-electron chi connectivity index (χ3n) is 4.43. The molecule has 0 radical (unpaired) electrons. The minimum atomic E-state index is 1.22. The molecule has 2 aromatic rings. The van der Waals surface area contributed by atoms with Gasteiger partial charge in [-0.25, -0.2) is 0 Å². The normalized spacial score (nSPS) is 11.5. The van der Waals surface area contributed by atoms with Crippen LogP contribution < -0.4 is 0 Å². The monoisotopic (exact) mass is 294 g/mol. The van der Waals surface area contributed by atoms with Crippen LogP contribution in [0.3, 0.4) is 0 Å². The molecule has 2 rings (SSSR count). The van der Waals surface area contributed by atoms with Crippen molar-refractivity contribution in [2.75, 3.05) is 0 Å². The maximum Gasteiger partial charge on any atom is -0.0152 e. The third-order valence-corrected chi connectivity index (χ3v) is 4.43. The number of allylic oxidation sites excluding steroid dienone is 2. The molecule has 0 heteroatoms. The van der Waals surface area contributed by atoms with Crippen LogP contribution in [0.1, 0.15) is 63.9 Å². The quantitative estimate of drug-likeness (QED) is 0.324. The predicted octanol–water partition coefficient (Wildman–Crippen LogP) is 7.08. The molecule has 22 heavy (non-hydrogen) atoms. The summed E-state index contributed by atoms with van der Waals surface area (Å²) >= 11 is 0. The first kappa shape index (κ1) is 16.8. The minimum absolute atomic E-state index is 1.22. The van der Waals surface area contributed by atoms with E-state index in [2.05, 4.69) is 61.5 Å². The van der Waals surface area contributed by atoms with Crippen LogP contribution >= 0.6 is 0 Å². The lowest BCUT2D eigenvalue weighted by Crippen LogP contribution is -1.88. The summed E-state index contributed by atoms with van der Waals surface area (Å²) in [6.07, 6.45) is 16.6. The third kappa shape index (κ3) is 5.67. The van der Waals surface area contributed by atoms with Crippen LogP contribution in [0.5, 0.6) is 0 Å². The first-order valence-corrected chi connectivity index (χ1v) is 8.99. The van der Waals surface area contributed by atoms with Gasteiger partial charge in [-0.15, -0.1) is 0 Å². The SMILES string of the molecule is C/C=C/CCCCCCCCCc1cccc2ccccc12. The Hall–Kier alpha value is -1.56. The van der Waals surface area contributed by atoms with Gasteiger partial charge in [0, 0.05) is 0 Å². The number of aryl methyl sites for hydroxylation is 1. The minimum Gasteiger partial charge on any atom is -0.0917 e. The predicted molar refractivity (Wildman–Crippen MR) is 99.4 cm³/mol. The molecule has 2 aromatic carbocycles. The second-order valence-corrected chi connectivity index (χ2v) is 6.22. The number of rotatable bonds is 10. The van der Waals surface area contributed by atoms with Crippen molar-refractivity contribution in [1.29, 1.82) is 0 Å². The van der Waals surface area contributed by atoms with Gasteiger partial charge in [0.15, 0.2) is 0 Å². The standard InChI is InChI=1S/C22H30/c1-2-3-4-5-6-7-8-9-10-11-15-20-17-14-18-21-16-12-13-19-22(20)21/h2-3,12-14,16-19H,4-11,15H2,1H3/b3-2+. The lowest BCUT2D eigenvalue weighted by molar-refractivity contribution is 0.581. The molecule has 0 amide bonds. The molecular weight excluding hydrogens is 264 g/mol. The van der Waals surface area contributed by atoms with Gasteiger partial charge in [0.2, 0.25) is 0 Å². The highest BCUT2D eigenvalue weighted by Crippen LogP contribution is 2.20. The summed E-state index contributed by atoms with van der Waals surface area (Å²) in [5, 5.41) is 2.81. The summed E-state index contributed by atoms with van der Waals surface area (Å²) in [5.74, 6) is 0. The van der Waals surface area contributed by atoms with Gasteiger partial charge in [0.25, 0.3) is 0 Å². The van der Waals surface area contributed by atoms with Gasteiger partial charge in [0.05, 0.1) is 0 Å². The molecular formula is C22H30. The Morgan fingerprint density at radius 2 is 1.41 bits per heavy atom. The molecule has 0 aliphatic carbocycles. The largest absolute Gasteiger partial charge is 0.0917 e. The highest BCUT2D eigenvalue weighted by atomic mass is 14.0. The van der Waals surface area contributed by atoms with Crippen molar-refractivity contribution in [2.24, 2.45) is 0 Å². The lowest BCUT2D eigenvalue weighted by Gasteiger charge is -2.06. The van der Waals surface area contributed by atoms with Crippen LogP contribution in [0.15, 0.2) is 54.6 Å². The lowest BCUT2D eigenvalue weighted by atomic mass is 9.99. The maximum atomic E-state index is 2.30. The van der Waals surface area contributed by atoms with Crippen LogP contribution in [0.2, 0.25) is 0 Å². The fourth-order valence-corrected chi connectivity index (χ4v) is 3.14. The van der Waals surface area contributed by atoms with E-state index >= 15 is 0 Å². The first-order valence-electron chi connectivity index (χ1n) is 8.99. The Morgan fingerprint density at radius 3 is 2.23 bits per heavy atom. The van der Waals surface area contributed by atoms with Gasteiger partial charge in [0.1, 0.15) is 0 Å². The molecule has 118 valence electrons. The van der Waals surface area contributed by atoms with Crippen molar-refractivity contribution < 1.29 is 0 Å². The fraction of sp³-hybridized carbons (Fsp3) is 0.455. The number of fused-ring (bicyclic) bond motifs is 1. The molecule has 0 saturated heterocycles. The molecule has 0 bridgehead atoms. The summed E-state index contributed by atoms with van der Waals surface area (Å²) < 4.78 is 0. The summed E-state index contributed by atoms with van der Waals surface area (Å²) in [6.45, 7) is 2.11. The van der Waals surface area contributed by atoms with Gasteiger partial charge >= 0.3 is 0 Å². The molecule has 0 aliphatic rings. The molecule has 0 aliphatic heterocycles. The van der Waals surface area contributed by atoms with Crippen molar-refractivity contribution in [3.8, 4) is 0 Å². The number of hydrogen-bond donors (Lipinski definition) is 0. The van der Waals surface area contributed by atoms with Crippen LogP contribution in [0.25, 0.3) is 10.8 Å². The van der Waals surface area contributed by atoms with E-state index in [1.165, 1.54) is 74.1 Å². The molecule has 0 N–H and O–H groups in total. The van der Waals surface area contributed by atoms with Crippen molar-refractivity contribution in [3.05, 3.63) is 60.2 Å². The first-order chi connectivity index (χ1) is 10.9. The van der Waals surface area contributed by atoms with Crippen molar-refractivity contribution in [3.63, 3.8) is 0 Å². The highest BCUT2D eigenvalue weighted by molar-refractivity contribution is 5.85. The van der Waals surface area contributed by atoms with Crippen molar-refractivity contribution in [1.82, 2.24) is 0 Å². The Bertz CT molecular complexity index is 560.